The van der Waals surface area contributed by atoms with Crippen molar-refractivity contribution in [3.05, 3.63) is 47.0 Å². The highest BCUT2D eigenvalue weighted by atomic mass is 16.4. The molecule has 6 heteroatoms. The monoisotopic (exact) mass is 290 g/mol. The number of nitrogens with one attached hydrogen (secondary N) is 2. The van der Waals surface area contributed by atoms with Crippen LogP contribution in [0.1, 0.15) is 19.4 Å². The molecule has 0 atom stereocenters. The standard InChI is InChI=1S/C15H18N2O4/c1-10(11(2)15(20)21)14(19)17-9-13(18)16-8-12-6-4-3-5-7-12/h3-7H,8-9H2,1-2H3,(H,16,18)(H,17,19)(H,20,21). The lowest BCUT2D eigenvalue weighted by Gasteiger charge is -2.08. The first kappa shape index (κ1) is 16.4. The van der Waals surface area contributed by atoms with Crippen molar-refractivity contribution in [3.8, 4) is 0 Å². The van der Waals surface area contributed by atoms with Gasteiger partial charge in [-0.25, -0.2) is 4.79 Å². The molecule has 0 aliphatic heterocycles. The number of carboxylic acids is 1. The Hall–Kier alpha value is -2.63. The van der Waals surface area contributed by atoms with Gasteiger partial charge in [0.25, 0.3) is 0 Å². The van der Waals surface area contributed by atoms with Crippen molar-refractivity contribution in [1.82, 2.24) is 10.6 Å². The van der Waals surface area contributed by atoms with E-state index in [1.54, 1.807) is 0 Å². The molecule has 0 unspecified atom stereocenters. The van der Waals surface area contributed by atoms with Crippen LogP contribution in [-0.2, 0) is 20.9 Å². The SMILES string of the molecule is CC(C(=O)O)=C(C)C(=O)NCC(=O)NCc1ccccc1. The van der Waals surface area contributed by atoms with Crippen LogP contribution in [0.5, 0.6) is 0 Å². The van der Waals surface area contributed by atoms with Gasteiger partial charge in [-0.15, -0.1) is 0 Å². The number of benzene rings is 1. The summed E-state index contributed by atoms with van der Waals surface area (Å²) in [5, 5.41) is 13.8. The minimum absolute atomic E-state index is 0.0443. The summed E-state index contributed by atoms with van der Waals surface area (Å²) < 4.78 is 0. The highest BCUT2D eigenvalue weighted by molar-refractivity contribution is 6.02. The van der Waals surface area contributed by atoms with E-state index >= 15 is 0 Å². The van der Waals surface area contributed by atoms with Gasteiger partial charge in [-0.2, -0.15) is 0 Å². The molecule has 0 fully saturated rings. The summed E-state index contributed by atoms with van der Waals surface area (Å²) in [6.07, 6.45) is 0. The van der Waals surface area contributed by atoms with Gasteiger partial charge in [0, 0.05) is 17.7 Å². The van der Waals surface area contributed by atoms with Gasteiger partial charge in [0.2, 0.25) is 11.8 Å². The molecule has 0 saturated carbocycles. The lowest BCUT2D eigenvalue weighted by Crippen LogP contribution is -2.37. The molecule has 0 bridgehead atoms. The summed E-state index contributed by atoms with van der Waals surface area (Å²) in [5.41, 5.74) is 0.991. The molecule has 0 saturated heterocycles. The zero-order valence-corrected chi connectivity index (χ0v) is 12.0. The summed E-state index contributed by atoms with van der Waals surface area (Å²) in [7, 11) is 0. The number of aliphatic carboxylic acids is 1. The molecule has 0 heterocycles. The molecule has 1 aromatic carbocycles. The Morgan fingerprint density at radius 2 is 1.62 bits per heavy atom. The Kier molecular flexibility index (Phi) is 6.13. The van der Waals surface area contributed by atoms with Crippen LogP contribution in [0.3, 0.4) is 0 Å². The molecule has 3 N–H and O–H groups in total. The van der Waals surface area contributed by atoms with E-state index in [0.29, 0.717) is 6.54 Å². The number of carbonyl (C=O) groups is 3. The van der Waals surface area contributed by atoms with Gasteiger partial charge in [-0.1, -0.05) is 30.3 Å². The average molecular weight is 290 g/mol. The molecule has 0 aromatic heterocycles. The van der Waals surface area contributed by atoms with E-state index in [2.05, 4.69) is 10.6 Å². The Morgan fingerprint density at radius 3 is 2.19 bits per heavy atom. The van der Waals surface area contributed by atoms with Crippen molar-refractivity contribution in [2.45, 2.75) is 20.4 Å². The van der Waals surface area contributed by atoms with Gasteiger partial charge in [-0.3, -0.25) is 9.59 Å². The Bertz CT molecular complexity index is 564. The van der Waals surface area contributed by atoms with Crippen molar-refractivity contribution < 1.29 is 19.5 Å². The largest absolute Gasteiger partial charge is 0.478 e. The molecular weight excluding hydrogens is 272 g/mol. The zero-order valence-electron chi connectivity index (χ0n) is 12.0. The molecule has 0 aliphatic carbocycles. The summed E-state index contributed by atoms with van der Waals surface area (Å²) in [5.74, 6) is -2.06. The summed E-state index contributed by atoms with van der Waals surface area (Å²) in [6.45, 7) is 2.92. The van der Waals surface area contributed by atoms with E-state index in [1.807, 2.05) is 30.3 Å². The minimum atomic E-state index is -1.16. The van der Waals surface area contributed by atoms with Crippen LogP contribution in [-0.4, -0.2) is 29.4 Å². The van der Waals surface area contributed by atoms with Crippen molar-refractivity contribution in [1.29, 1.82) is 0 Å². The second-order valence-electron chi connectivity index (χ2n) is 4.50. The second-order valence-corrected chi connectivity index (χ2v) is 4.50. The Labute approximate surface area is 122 Å². The first-order valence-corrected chi connectivity index (χ1v) is 6.41. The van der Waals surface area contributed by atoms with Crippen molar-refractivity contribution >= 4 is 17.8 Å². The second kappa shape index (κ2) is 7.84. The van der Waals surface area contributed by atoms with Crippen LogP contribution >= 0.6 is 0 Å². The summed E-state index contributed by atoms with van der Waals surface area (Å²) in [6, 6.07) is 9.37. The van der Waals surface area contributed by atoms with E-state index < -0.39 is 11.9 Å². The minimum Gasteiger partial charge on any atom is -0.478 e. The topological polar surface area (TPSA) is 95.5 Å². The molecule has 1 rings (SSSR count). The molecule has 21 heavy (non-hydrogen) atoms. The molecule has 0 radical (unpaired) electrons. The van der Waals surface area contributed by atoms with E-state index in [1.165, 1.54) is 13.8 Å². The number of carboxylic acid groups (broad SMARTS) is 1. The normalized spacial score (nSPS) is 11.3. The van der Waals surface area contributed by atoms with Crippen LogP contribution in [0.15, 0.2) is 41.5 Å². The Balaban J connectivity index is 2.41. The third kappa shape index (κ3) is 5.48. The molecule has 112 valence electrons. The van der Waals surface area contributed by atoms with Crippen LogP contribution in [0.2, 0.25) is 0 Å². The fourth-order valence-electron chi connectivity index (χ4n) is 1.48. The molecule has 2 amide bonds. The maximum atomic E-state index is 11.7. The quantitative estimate of drug-likeness (QED) is 0.676. The highest BCUT2D eigenvalue weighted by Gasteiger charge is 2.13. The molecule has 1 aromatic rings. The number of hydrogen-bond donors (Lipinski definition) is 3. The predicted molar refractivity (Wildman–Crippen MR) is 77.3 cm³/mol. The molecular formula is C15H18N2O4. The van der Waals surface area contributed by atoms with Crippen LogP contribution in [0.4, 0.5) is 0 Å². The van der Waals surface area contributed by atoms with E-state index in [0.717, 1.165) is 5.56 Å². The van der Waals surface area contributed by atoms with Gasteiger partial charge < -0.3 is 15.7 Å². The highest BCUT2D eigenvalue weighted by Crippen LogP contribution is 2.03. The van der Waals surface area contributed by atoms with Crippen molar-refractivity contribution in [2.75, 3.05) is 6.54 Å². The number of hydrogen-bond acceptors (Lipinski definition) is 3. The van der Waals surface area contributed by atoms with E-state index in [-0.39, 0.29) is 23.6 Å². The van der Waals surface area contributed by atoms with Crippen LogP contribution in [0.25, 0.3) is 0 Å². The van der Waals surface area contributed by atoms with E-state index in [4.69, 9.17) is 5.11 Å². The average Bonchev–Trinajstić information content (AvgIpc) is 2.49. The first-order chi connectivity index (χ1) is 9.91. The fourth-order valence-corrected chi connectivity index (χ4v) is 1.48. The van der Waals surface area contributed by atoms with E-state index in [9.17, 15) is 14.4 Å². The fraction of sp³-hybridized carbons (Fsp3) is 0.267. The lowest BCUT2D eigenvalue weighted by atomic mass is 10.1. The van der Waals surface area contributed by atoms with Gasteiger partial charge in [0.15, 0.2) is 0 Å². The zero-order chi connectivity index (χ0) is 15.8. The third-order valence-electron chi connectivity index (χ3n) is 2.97. The molecule has 6 nitrogen and oxygen atoms in total. The van der Waals surface area contributed by atoms with Crippen molar-refractivity contribution in [2.24, 2.45) is 0 Å². The lowest BCUT2D eigenvalue weighted by molar-refractivity contribution is -0.133. The molecule has 0 aliphatic rings. The van der Waals surface area contributed by atoms with Gasteiger partial charge >= 0.3 is 5.97 Å². The number of rotatable bonds is 6. The maximum Gasteiger partial charge on any atom is 0.331 e. The predicted octanol–water partition coefficient (Wildman–Crippen LogP) is 0.840. The van der Waals surface area contributed by atoms with Crippen molar-refractivity contribution in [3.63, 3.8) is 0 Å². The third-order valence-corrected chi connectivity index (χ3v) is 2.97. The summed E-state index contributed by atoms with van der Waals surface area (Å²) >= 11 is 0. The number of carbonyl (C=O) groups excluding carboxylic acids is 2. The summed E-state index contributed by atoms with van der Waals surface area (Å²) in [4.78, 5) is 34.0. The maximum absolute atomic E-state index is 11.7. The van der Waals surface area contributed by atoms with Gasteiger partial charge in [0.1, 0.15) is 0 Å². The first-order valence-electron chi connectivity index (χ1n) is 6.41. The molecule has 0 spiro atoms. The number of amides is 2. The Morgan fingerprint density at radius 1 is 1.00 bits per heavy atom. The smallest absolute Gasteiger partial charge is 0.331 e. The van der Waals surface area contributed by atoms with Crippen LogP contribution < -0.4 is 10.6 Å². The van der Waals surface area contributed by atoms with Crippen LogP contribution in [0, 0.1) is 0 Å². The van der Waals surface area contributed by atoms with Gasteiger partial charge in [-0.05, 0) is 19.4 Å². The van der Waals surface area contributed by atoms with Gasteiger partial charge in [0.05, 0.1) is 6.54 Å².